The molecule has 0 fully saturated rings. The van der Waals surface area contributed by atoms with Crippen molar-refractivity contribution in [2.24, 2.45) is 0 Å². The topological polar surface area (TPSA) is 75.3 Å². The van der Waals surface area contributed by atoms with Gasteiger partial charge in [0.1, 0.15) is 0 Å². The molecule has 3 aromatic rings. The largest absolute Gasteiger partial charge is 0.346 e. The molecule has 0 heterocycles. The third-order valence-corrected chi connectivity index (χ3v) is 5.50. The van der Waals surface area contributed by atoms with E-state index >= 15 is 0 Å². The Labute approximate surface area is 159 Å². The predicted molar refractivity (Wildman–Crippen MR) is 106 cm³/mol. The summed E-state index contributed by atoms with van der Waals surface area (Å²) in [5.41, 5.74) is 1.87. The van der Waals surface area contributed by atoms with Crippen molar-refractivity contribution in [1.29, 1.82) is 0 Å². The molecule has 27 heavy (non-hydrogen) atoms. The Balaban J connectivity index is 1.67. The predicted octanol–water partition coefficient (Wildman–Crippen LogP) is 3.98. The van der Waals surface area contributed by atoms with Gasteiger partial charge in [0.05, 0.1) is 10.9 Å². The minimum Gasteiger partial charge on any atom is -0.346 e. The monoisotopic (exact) mass is 380 g/mol. The van der Waals surface area contributed by atoms with E-state index in [4.69, 9.17) is 0 Å². The average molecular weight is 380 g/mol. The molecule has 0 aliphatic rings. The highest BCUT2D eigenvalue weighted by molar-refractivity contribution is 7.92. The van der Waals surface area contributed by atoms with Gasteiger partial charge in [0.2, 0.25) is 0 Å². The van der Waals surface area contributed by atoms with Crippen LogP contribution in [0.5, 0.6) is 0 Å². The van der Waals surface area contributed by atoms with E-state index in [-0.39, 0.29) is 16.8 Å². The minimum absolute atomic E-state index is 0.130. The van der Waals surface area contributed by atoms with Crippen LogP contribution in [0.3, 0.4) is 0 Å². The third-order valence-electron chi connectivity index (χ3n) is 4.10. The normalized spacial score (nSPS) is 12.2. The number of hydrogen-bond donors (Lipinski definition) is 2. The number of carbonyl (C=O) groups excluding carboxylic acids is 1. The van der Waals surface area contributed by atoms with Gasteiger partial charge < -0.3 is 5.32 Å². The van der Waals surface area contributed by atoms with Gasteiger partial charge in [-0.3, -0.25) is 9.52 Å². The number of anilines is 1. The van der Waals surface area contributed by atoms with Crippen molar-refractivity contribution in [3.63, 3.8) is 0 Å². The fraction of sp³-hybridized carbons (Fsp3) is 0.0952. The zero-order valence-electron chi connectivity index (χ0n) is 14.8. The number of carbonyl (C=O) groups is 1. The summed E-state index contributed by atoms with van der Waals surface area (Å²) in [5.74, 6) is -0.219. The van der Waals surface area contributed by atoms with E-state index in [9.17, 15) is 13.2 Å². The SMILES string of the molecule is CC(NC(=O)c1ccc(NS(=O)(=O)c2ccccc2)cc1)c1ccccc1. The van der Waals surface area contributed by atoms with Crippen molar-refractivity contribution < 1.29 is 13.2 Å². The summed E-state index contributed by atoms with van der Waals surface area (Å²) < 4.78 is 27.2. The van der Waals surface area contributed by atoms with Crippen molar-refractivity contribution >= 4 is 21.6 Å². The van der Waals surface area contributed by atoms with E-state index in [1.807, 2.05) is 37.3 Å². The van der Waals surface area contributed by atoms with E-state index in [2.05, 4.69) is 10.0 Å². The average Bonchev–Trinajstić information content (AvgIpc) is 2.69. The first-order valence-corrected chi connectivity index (χ1v) is 9.98. The lowest BCUT2D eigenvalue weighted by Gasteiger charge is -2.14. The highest BCUT2D eigenvalue weighted by Gasteiger charge is 2.15. The quantitative estimate of drug-likeness (QED) is 0.679. The Morgan fingerprint density at radius 1 is 0.815 bits per heavy atom. The first kappa shape index (κ1) is 18.7. The lowest BCUT2D eigenvalue weighted by Crippen LogP contribution is -2.26. The van der Waals surface area contributed by atoms with Gasteiger partial charge in [0.15, 0.2) is 0 Å². The Hall–Kier alpha value is -3.12. The molecule has 0 saturated heterocycles. The maximum Gasteiger partial charge on any atom is 0.261 e. The van der Waals surface area contributed by atoms with E-state index in [1.54, 1.807) is 42.5 Å². The second-order valence-corrected chi connectivity index (χ2v) is 7.78. The van der Waals surface area contributed by atoms with Crippen LogP contribution in [-0.2, 0) is 10.0 Å². The maximum atomic E-state index is 12.4. The molecule has 0 bridgehead atoms. The smallest absolute Gasteiger partial charge is 0.261 e. The van der Waals surface area contributed by atoms with Crippen LogP contribution in [-0.4, -0.2) is 14.3 Å². The van der Waals surface area contributed by atoms with Gasteiger partial charge in [-0.15, -0.1) is 0 Å². The van der Waals surface area contributed by atoms with Crippen LogP contribution >= 0.6 is 0 Å². The van der Waals surface area contributed by atoms with E-state index in [0.29, 0.717) is 11.3 Å². The van der Waals surface area contributed by atoms with E-state index in [0.717, 1.165) is 5.56 Å². The number of benzene rings is 3. The highest BCUT2D eigenvalue weighted by atomic mass is 32.2. The second-order valence-electron chi connectivity index (χ2n) is 6.10. The lowest BCUT2D eigenvalue weighted by molar-refractivity contribution is 0.0940. The summed E-state index contributed by atoms with van der Waals surface area (Å²) in [7, 11) is -3.65. The molecule has 3 aromatic carbocycles. The molecule has 0 aromatic heterocycles. The van der Waals surface area contributed by atoms with E-state index < -0.39 is 10.0 Å². The molecule has 1 amide bonds. The Morgan fingerprint density at radius 2 is 1.37 bits per heavy atom. The van der Waals surface area contributed by atoms with Crippen molar-refractivity contribution in [2.75, 3.05) is 4.72 Å². The number of sulfonamides is 1. The fourth-order valence-electron chi connectivity index (χ4n) is 2.61. The van der Waals surface area contributed by atoms with Crippen LogP contribution in [0.1, 0.15) is 28.9 Å². The van der Waals surface area contributed by atoms with Gasteiger partial charge in [-0.1, -0.05) is 48.5 Å². The molecule has 138 valence electrons. The van der Waals surface area contributed by atoms with Gasteiger partial charge in [-0.05, 0) is 48.9 Å². The molecule has 1 unspecified atom stereocenters. The molecule has 0 aliphatic heterocycles. The van der Waals surface area contributed by atoms with Crippen molar-refractivity contribution in [3.05, 3.63) is 96.1 Å². The number of nitrogens with one attached hydrogen (secondary N) is 2. The van der Waals surface area contributed by atoms with Crippen LogP contribution in [0.2, 0.25) is 0 Å². The van der Waals surface area contributed by atoms with Gasteiger partial charge in [0, 0.05) is 11.3 Å². The zero-order chi connectivity index (χ0) is 19.3. The molecule has 1 atom stereocenters. The van der Waals surface area contributed by atoms with Crippen LogP contribution in [0, 0.1) is 0 Å². The summed E-state index contributed by atoms with van der Waals surface area (Å²) in [4.78, 5) is 12.6. The minimum atomic E-state index is -3.65. The van der Waals surface area contributed by atoms with Gasteiger partial charge in [-0.25, -0.2) is 8.42 Å². The van der Waals surface area contributed by atoms with Gasteiger partial charge in [-0.2, -0.15) is 0 Å². The summed E-state index contributed by atoms with van der Waals surface area (Å²) >= 11 is 0. The van der Waals surface area contributed by atoms with Gasteiger partial charge in [0.25, 0.3) is 15.9 Å². The summed E-state index contributed by atoms with van der Waals surface area (Å²) in [6.45, 7) is 1.91. The maximum absolute atomic E-state index is 12.4. The molecule has 0 aliphatic carbocycles. The second kappa shape index (κ2) is 8.05. The van der Waals surface area contributed by atoms with Crippen molar-refractivity contribution in [3.8, 4) is 0 Å². The van der Waals surface area contributed by atoms with Crippen LogP contribution in [0.4, 0.5) is 5.69 Å². The Morgan fingerprint density at radius 3 is 1.96 bits per heavy atom. The first-order chi connectivity index (χ1) is 13.0. The molecule has 0 saturated carbocycles. The highest BCUT2D eigenvalue weighted by Crippen LogP contribution is 2.17. The lowest BCUT2D eigenvalue weighted by atomic mass is 10.1. The molecule has 0 spiro atoms. The molecule has 5 nitrogen and oxygen atoms in total. The first-order valence-electron chi connectivity index (χ1n) is 8.49. The summed E-state index contributed by atoms with van der Waals surface area (Å²) in [6.07, 6.45) is 0. The Kier molecular flexibility index (Phi) is 5.57. The van der Waals surface area contributed by atoms with Gasteiger partial charge >= 0.3 is 0 Å². The van der Waals surface area contributed by atoms with Crippen LogP contribution in [0.25, 0.3) is 0 Å². The van der Waals surface area contributed by atoms with Crippen LogP contribution < -0.4 is 10.0 Å². The van der Waals surface area contributed by atoms with Crippen molar-refractivity contribution in [1.82, 2.24) is 5.32 Å². The molecule has 0 radical (unpaired) electrons. The number of hydrogen-bond acceptors (Lipinski definition) is 3. The summed E-state index contributed by atoms with van der Waals surface area (Å²) in [6, 6.07) is 24.0. The molecular formula is C21H20N2O3S. The fourth-order valence-corrected chi connectivity index (χ4v) is 3.69. The van der Waals surface area contributed by atoms with Crippen molar-refractivity contribution in [2.45, 2.75) is 17.9 Å². The number of amides is 1. The standard InChI is InChI=1S/C21H20N2O3S/c1-16(17-8-4-2-5-9-17)22-21(24)18-12-14-19(15-13-18)23-27(25,26)20-10-6-3-7-11-20/h2-16,23H,1H3,(H,22,24). The third kappa shape index (κ3) is 4.74. The molecule has 3 rings (SSSR count). The zero-order valence-corrected chi connectivity index (χ0v) is 15.6. The Bertz CT molecular complexity index is 1000. The molecular weight excluding hydrogens is 360 g/mol. The molecule has 6 heteroatoms. The molecule has 2 N–H and O–H groups in total. The number of rotatable bonds is 6. The summed E-state index contributed by atoms with van der Waals surface area (Å²) in [5, 5.41) is 2.93. The van der Waals surface area contributed by atoms with Crippen LogP contribution in [0.15, 0.2) is 89.8 Å². The van der Waals surface area contributed by atoms with E-state index in [1.165, 1.54) is 12.1 Å².